The zero-order valence-electron chi connectivity index (χ0n) is 11.9. The summed E-state index contributed by atoms with van der Waals surface area (Å²) in [6, 6.07) is 9.83. The summed E-state index contributed by atoms with van der Waals surface area (Å²) in [7, 11) is 1.60. The van der Waals surface area contributed by atoms with Crippen molar-refractivity contribution in [2.45, 2.75) is 13.5 Å². The molecule has 5 heteroatoms. The molecule has 0 aliphatic carbocycles. The molecule has 0 radical (unpaired) electrons. The van der Waals surface area contributed by atoms with Gasteiger partial charge in [0.25, 0.3) is 5.91 Å². The molecule has 0 saturated heterocycles. The smallest absolute Gasteiger partial charge is 0.256 e. The molecule has 0 aliphatic heterocycles. The van der Waals surface area contributed by atoms with E-state index in [4.69, 9.17) is 17.3 Å². The van der Waals surface area contributed by atoms with Crippen LogP contribution in [0, 0.1) is 12.7 Å². The van der Waals surface area contributed by atoms with E-state index in [0.717, 1.165) is 5.56 Å². The first-order chi connectivity index (χ1) is 9.90. The third kappa shape index (κ3) is 3.34. The van der Waals surface area contributed by atoms with Crippen molar-refractivity contribution in [1.82, 2.24) is 4.90 Å². The van der Waals surface area contributed by atoms with Crippen LogP contribution >= 0.6 is 11.6 Å². The average molecular weight is 307 g/mol. The Hall–Kier alpha value is -2.07. The predicted octanol–water partition coefficient (Wildman–Crippen LogP) is 3.64. The highest BCUT2D eigenvalue weighted by atomic mass is 35.5. The molecule has 2 aromatic rings. The summed E-state index contributed by atoms with van der Waals surface area (Å²) in [5.41, 5.74) is 7.50. The molecule has 0 fully saturated rings. The molecule has 2 rings (SSSR count). The molecule has 21 heavy (non-hydrogen) atoms. The Labute approximate surface area is 128 Å². The molecule has 2 aromatic carbocycles. The lowest BCUT2D eigenvalue weighted by Gasteiger charge is -2.19. The first-order valence-corrected chi connectivity index (χ1v) is 6.82. The minimum Gasteiger partial charge on any atom is -0.399 e. The Kier molecular flexibility index (Phi) is 4.48. The summed E-state index contributed by atoms with van der Waals surface area (Å²) < 4.78 is 14.0. The van der Waals surface area contributed by atoms with Crippen molar-refractivity contribution in [2.75, 3.05) is 12.8 Å². The molecule has 0 heterocycles. The number of halogens is 2. The number of hydrogen-bond donors (Lipinski definition) is 1. The number of rotatable bonds is 3. The van der Waals surface area contributed by atoms with Gasteiger partial charge in [0.1, 0.15) is 5.82 Å². The predicted molar refractivity (Wildman–Crippen MR) is 82.8 cm³/mol. The highest BCUT2D eigenvalue weighted by Crippen LogP contribution is 2.21. The molecule has 0 saturated carbocycles. The minimum atomic E-state index is -0.493. The van der Waals surface area contributed by atoms with Crippen LogP contribution in [0.4, 0.5) is 10.1 Å². The Bertz CT molecular complexity index is 688. The van der Waals surface area contributed by atoms with Gasteiger partial charge in [-0.15, -0.1) is 0 Å². The van der Waals surface area contributed by atoms with Gasteiger partial charge in [-0.1, -0.05) is 23.7 Å². The molecule has 0 atom stereocenters. The van der Waals surface area contributed by atoms with E-state index in [2.05, 4.69) is 0 Å². The number of carbonyl (C=O) groups is 1. The fourth-order valence-corrected chi connectivity index (χ4v) is 2.24. The molecule has 0 bridgehead atoms. The molecule has 0 unspecified atom stereocenters. The monoisotopic (exact) mass is 306 g/mol. The largest absolute Gasteiger partial charge is 0.399 e. The maximum Gasteiger partial charge on any atom is 0.256 e. The van der Waals surface area contributed by atoms with Crippen molar-refractivity contribution in [3.8, 4) is 0 Å². The molecular formula is C16H16ClFN2O. The van der Waals surface area contributed by atoms with Crippen molar-refractivity contribution in [1.29, 1.82) is 0 Å². The van der Waals surface area contributed by atoms with Gasteiger partial charge in [0.2, 0.25) is 0 Å². The van der Waals surface area contributed by atoms with Gasteiger partial charge in [0.15, 0.2) is 0 Å². The third-order valence-electron chi connectivity index (χ3n) is 3.25. The second-order valence-corrected chi connectivity index (χ2v) is 5.36. The van der Waals surface area contributed by atoms with Crippen molar-refractivity contribution >= 4 is 23.2 Å². The summed E-state index contributed by atoms with van der Waals surface area (Å²) in [5, 5.41) is 0.522. The van der Waals surface area contributed by atoms with Gasteiger partial charge in [-0.3, -0.25) is 4.79 Å². The standard InChI is InChI=1S/C16H16ClFN2O/c1-10-4-3-5-13(15(10)18)16(21)20(2)9-11-8-12(19)6-7-14(11)17/h3-8H,9,19H2,1-2H3. The first-order valence-electron chi connectivity index (χ1n) is 6.44. The van der Waals surface area contributed by atoms with Crippen LogP contribution in [-0.4, -0.2) is 17.9 Å². The summed E-state index contributed by atoms with van der Waals surface area (Å²) in [5.74, 6) is -0.886. The Morgan fingerprint density at radius 1 is 1.33 bits per heavy atom. The topological polar surface area (TPSA) is 46.3 Å². The van der Waals surface area contributed by atoms with Gasteiger partial charge in [0.05, 0.1) is 5.56 Å². The second-order valence-electron chi connectivity index (χ2n) is 4.95. The molecule has 110 valence electrons. The fraction of sp³-hybridized carbons (Fsp3) is 0.188. The number of anilines is 1. The van der Waals surface area contributed by atoms with Crippen LogP contribution in [-0.2, 0) is 6.54 Å². The molecule has 2 N–H and O–H groups in total. The summed E-state index contributed by atoms with van der Waals surface area (Å²) in [6.45, 7) is 1.89. The van der Waals surface area contributed by atoms with E-state index in [1.165, 1.54) is 11.0 Å². The van der Waals surface area contributed by atoms with E-state index in [1.807, 2.05) is 0 Å². The number of aryl methyl sites for hydroxylation is 1. The molecule has 0 spiro atoms. The van der Waals surface area contributed by atoms with Crippen molar-refractivity contribution in [3.63, 3.8) is 0 Å². The van der Waals surface area contributed by atoms with Crippen LogP contribution in [0.3, 0.4) is 0 Å². The van der Waals surface area contributed by atoms with E-state index in [0.29, 0.717) is 16.3 Å². The second kappa shape index (κ2) is 6.14. The summed E-state index contributed by atoms with van der Waals surface area (Å²) >= 11 is 6.08. The number of nitrogens with zero attached hydrogens (tertiary/aromatic N) is 1. The van der Waals surface area contributed by atoms with Crippen molar-refractivity contribution in [2.24, 2.45) is 0 Å². The molecular weight excluding hydrogens is 291 g/mol. The molecule has 1 amide bonds. The quantitative estimate of drug-likeness (QED) is 0.880. The summed E-state index contributed by atoms with van der Waals surface area (Å²) in [6.07, 6.45) is 0. The molecule has 3 nitrogen and oxygen atoms in total. The van der Waals surface area contributed by atoms with E-state index in [-0.39, 0.29) is 12.1 Å². The highest BCUT2D eigenvalue weighted by Gasteiger charge is 2.18. The minimum absolute atomic E-state index is 0.0533. The van der Waals surface area contributed by atoms with Crippen LogP contribution < -0.4 is 5.73 Å². The Morgan fingerprint density at radius 3 is 2.76 bits per heavy atom. The maximum atomic E-state index is 14.0. The SMILES string of the molecule is Cc1cccc(C(=O)N(C)Cc2cc(N)ccc2Cl)c1F. The number of nitrogens with two attached hydrogens (primary N) is 1. The number of amides is 1. The number of carbonyl (C=O) groups excluding carboxylic acids is 1. The third-order valence-corrected chi connectivity index (χ3v) is 3.61. The molecule has 0 aromatic heterocycles. The number of nitrogen functional groups attached to an aromatic ring is 1. The molecule has 0 aliphatic rings. The Morgan fingerprint density at radius 2 is 2.05 bits per heavy atom. The lowest BCUT2D eigenvalue weighted by Crippen LogP contribution is -2.27. The van der Waals surface area contributed by atoms with E-state index in [9.17, 15) is 9.18 Å². The van der Waals surface area contributed by atoms with Crippen LogP contribution in [0.15, 0.2) is 36.4 Å². The van der Waals surface area contributed by atoms with Crippen LogP contribution in [0.5, 0.6) is 0 Å². The van der Waals surface area contributed by atoms with Gasteiger partial charge in [0, 0.05) is 24.3 Å². The van der Waals surface area contributed by atoms with Crippen LogP contribution in [0.1, 0.15) is 21.5 Å². The number of hydrogen-bond acceptors (Lipinski definition) is 2. The van der Waals surface area contributed by atoms with E-state index < -0.39 is 11.7 Å². The Balaban J connectivity index is 2.24. The van der Waals surface area contributed by atoms with Gasteiger partial charge < -0.3 is 10.6 Å². The lowest BCUT2D eigenvalue weighted by atomic mass is 10.1. The zero-order valence-corrected chi connectivity index (χ0v) is 12.6. The van der Waals surface area contributed by atoms with E-state index in [1.54, 1.807) is 44.3 Å². The van der Waals surface area contributed by atoms with Crippen molar-refractivity contribution in [3.05, 3.63) is 63.9 Å². The zero-order chi connectivity index (χ0) is 15.6. The van der Waals surface area contributed by atoms with Crippen molar-refractivity contribution < 1.29 is 9.18 Å². The number of benzene rings is 2. The fourth-order valence-electron chi connectivity index (χ4n) is 2.06. The van der Waals surface area contributed by atoms with Crippen LogP contribution in [0.25, 0.3) is 0 Å². The first kappa shape index (κ1) is 15.3. The maximum absolute atomic E-state index is 14.0. The van der Waals surface area contributed by atoms with E-state index >= 15 is 0 Å². The average Bonchev–Trinajstić information content (AvgIpc) is 2.45. The van der Waals surface area contributed by atoms with Gasteiger partial charge in [-0.05, 0) is 42.3 Å². The lowest BCUT2D eigenvalue weighted by molar-refractivity contribution is 0.0780. The van der Waals surface area contributed by atoms with Crippen LogP contribution in [0.2, 0.25) is 5.02 Å². The summed E-state index contributed by atoms with van der Waals surface area (Å²) in [4.78, 5) is 13.7. The van der Waals surface area contributed by atoms with Gasteiger partial charge >= 0.3 is 0 Å². The highest BCUT2D eigenvalue weighted by molar-refractivity contribution is 6.31. The normalized spacial score (nSPS) is 10.5. The van der Waals surface area contributed by atoms with Gasteiger partial charge in [-0.2, -0.15) is 0 Å². The van der Waals surface area contributed by atoms with Gasteiger partial charge in [-0.25, -0.2) is 4.39 Å².